The van der Waals surface area contributed by atoms with E-state index >= 15 is 0 Å². The van der Waals surface area contributed by atoms with E-state index in [2.05, 4.69) is 10.4 Å². The Hall–Kier alpha value is -2.01. The van der Waals surface area contributed by atoms with Crippen molar-refractivity contribution in [3.8, 4) is 0 Å². The van der Waals surface area contributed by atoms with E-state index in [-0.39, 0.29) is 10.9 Å². The predicted octanol–water partition coefficient (Wildman–Crippen LogP) is 1.59. The number of aryl methyl sites for hydroxylation is 1. The maximum Gasteiger partial charge on any atom is 0.253 e. The maximum atomic E-state index is 11.9. The van der Waals surface area contributed by atoms with Crippen LogP contribution >= 0.6 is 11.6 Å². The van der Waals surface area contributed by atoms with E-state index in [1.54, 1.807) is 22.9 Å². The maximum absolute atomic E-state index is 11.9. The predicted molar refractivity (Wildman–Crippen MR) is 70.2 cm³/mol. The molecule has 0 bridgehead atoms. The highest BCUT2D eigenvalue weighted by atomic mass is 35.5. The van der Waals surface area contributed by atoms with Crippen LogP contribution in [-0.4, -0.2) is 15.7 Å². The van der Waals surface area contributed by atoms with Crippen molar-refractivity contribution >= 4 is 23.2 Å². The number of hydrogen-bond acceptors (Lipinski definition) is 3. The zero-order valence-corrected chi connectivity index (χ0v) is 10.6. The smallest absolute Gasteiger partial charge is 0.253 e. The second kappa shape index (κ2) is 5.10. The molecule has 3 N–H and O–H groups in total. The normalized spacial score (nSPS) is 10.3. The van der Waals surface area contributed by atoms with Crippen LogP contribution in [0.3, 0.4) is 0 Å². The third kappa shape index (κ3) is 2.62. The molecular weight excluding hydrogens is 252 g/mol. The monoisotopic (exact) mass is 264 g/mol. The Labute approximate surface area is 110 Å². The lowest BCUT2D eigenvalue weighted by molar-refractivity contribution is 0.0950. The minimum Gasteiger partial charge on any atom is -0.398 e. The van der Waals surface area contributed by atoms with Gasteiger partial charge in [-0.3, -0.25) is 9.48 Å². The number of halogens is 1. The molecule has 1 aromatic carbocycles. The fourth-order valence-corrected chi connectivity index (χ4v) is 1.76. The molecule has 0 fully saturated rings. The topological polar surface area (TPSA) is 72.9 Å². The average Bonchev–Trinajstić information content (AvgIpc) is 2.76. The average molecular weight is 265 g/mol. The highest BCUT2D eigenvalue weighted by Crippen LogP contribution is 2.22. The van der Waals surface area contributed by atoms with Gasteiger partial charge in [0.05, 0.1) is 28.5 Å². The number of nitrogens with one attached hydrogen (secondary N) is 1. The van der Waals surface area contributed by atoms with E-state index in [9.17, 15) is 4.79 Å². The van der Waals surface area contributed by atoms with Crippen molar-refractivity contribution in [2.45, 2.75) is 6.54 Å². The van der Waals surface area contributed by atoms with Gasteiger partial charge in [0.25, 0.3) is 5.91 Å². The van der Waals surface area contributed by atoms with Gasteiger partial charge in [-0.25, -0.2) is 0 Å². The van der Waals surface area contributed by atoms with Gasteiger partial charge < -0.3 is 11.1 Å². The van der Waals surface area contributed by atoms with E-state index < -0.39 is 0 Å². The first-order valence-corrected chi connectivity index (χ1v) is 5.76. The number of benzene rings is 1. The number of carbonyl (C=O) groups is 1. The zero-order valence-electron chi connectivity index (χ0n) is 9.85. The summed E-state index contributed by atoms with van der Waals surface area (Å²) in [5, 5.41) is 7.18. The molecule has 0 radical (unpaired) electrons. The van der Waals surface area contributed by atoms with Crippen LogP contribution in [0.1, 0.15) is 16.1 Å². The number of carbonyl (C=O) groups excluding carboxylic acids is 1. The quantitative estimate of drug-likeness (QED) is 0.827. The molecule has 0 aliphatic carbocycles. The van der Waals surface area contributed by atoms with Gasteiger partial charge >= 0.3 is 0 Å². The fraction of sp³-hybridized carbons (Fsp3) is 0.167. The second-order valence-electron chi connectivity index (χ2n) is 3.87. The Bertz CT molecular complexity index is 579. The van der Waals surface area contributed by atoms with E-state index in [0.29, 0.717) is 17.8 Å². The number of rotatable bonds is 3. The van der Waals surface area contributed by atoms with Crippen molar-refractivity contribution in [3.63, 3.8) is 0 Å². The molecule has 5 nitrogen and oxygen atoms in total. The van der Waals surface area contributed by atoms with Gasteiger partial charge in [0.15, 0.2) is 0 Å². The summed E-state index contributed by atoms with van der Waals surface area (Å²) in [4.78, 5) is 11.9. The van der Waals surface area contributed by atoms with E-state index in [1.807, 2.05) is 19.3 Å². The minimum atomic E-state index is -0.266. The molecule has 0 aliphatic rings. The molecule has 0 spiro atoms. The van der Waals surface area contributed by atoms with Gasteiger partial charge in [-0.2, -0.15) is 5.10 Å². The first kappa shape index (κ1) is 12.4. The molecular formula is C12H13ClN4O. The lowest BCUT2D eigenvalue weighted by Gasteiger charge is -2.06. The van der Waals surface area contributed by atoms with E-state index in [0.717, 1.165) is 5.69 Å². The molecule has 0 atom stereocenters. The Kier molecular flexibility index (Phi) is 3.53. The molecule has 0 saturated carbocycles. The molecule has 1 heterocycles. The van der Waals surface area contributed by atoms with Crippen LogP contribution in [0.15, 0.2) is 30.5 Å². The van der Waals surface area contributed by atoms with E-state index in [4.69, 9.17) is 17.3 Å². The molecule has 2 rings (SSSR count). The van der Waals surface area contributed by atoms with E-state index in [1.165, 1.54) is 0 Å². The number of nitrogens with zero attached hydrogens (tertiary/aromatic N) is 2. The second-order valence-corrected chi connectivity index (χ2v) is 4.25. The van der Waals surface area contributed by atoms with Gasteiger partial charge in [-0.15, -0.1) is 0 Å². The van der Waals surface area contributed by atoms with Gasteiger partial charge in [0, 0.05) is 13.2 Å². The van der Waals surface area contributed by atoms with Gasteiger partial charge in [-0.1, -0.05) is 17.7 Å². The Balaban J connectivity index is 2.06. The van der Waals surface area contributed by atoms with Crippen LogP contribution in [0.2, 0.25) is 5.02 Å². The van der Waals surface area contributed by atoms with Crippen LogP contribution in [0.4, 0.5) is 5.69 Å². The van der Waals surface area contributed by atoms with Gasteiger partial charge in [0.1, 0.15) is 0 Å². The van der Waals surface area contributed by atoms with Crippen LogP contribution < -0.4 is 11.1 Å². The first-order valence-electron chi connectivity index (χ1n) is 5.38. The first-order chi connectivity index (χ1) is 8.58. The van der Waals surface area contributed by atoms with Crippen molar-refractivity contribution in [1.82, 2.24) is 15.1 Å². The molecule has 6 heteroatoms. The zero-order chi connectivity index (χ0) is 13.1. The molecule has 94 valence electrons. The van der Waals surface area contributed by atoms with Crippen molar-refractivity contribution in [2.24, 2.45) is 7.05 Å². The summed E-state index contributed by atoms with van der Waals surface area (Å²) < 4.78 is 1.68. The van der Waals surface area contributed by atoms with Crippen LogP contribution in [0.25, 0.3) is 0 Å². The largest absolute Gasteiger partial charge is 0.398 e. The lowest BCUT2D eigenvalue weighted by Crippen LogP contribution is -2.23. The molecule has 18 heavy (non-hydrogen) atoms. The SMILES string of the molecule is Cn1ccc(CNC(=O)c2cccc(N)c2Cl)n1. The Morgan fingerprint density at radius 2 is 2.28 bits per heavy atom. The summed E-state index contributed by atoms with van der Waals surface area (Å²) in [5.74, 6) is -0.266. The summed E-state index contributed by atoms with van der Waals surface area (Å²) >= 11 is 5.97. The summed E-state index contributed by atoms with van der Waals surface area (Å²) in [6, 6.07) is 6.81. The molecule has 2 aromatic rings. The highest BCUT2D eigenvalue weighted by Gasteiger charge is 2.11. The Morgan fingerprint density at radius 1 is 1.50 bits per heavy atom. The standard InChI is InChI=1S/C12H13ClN4O/c1-17-6-5-8(16-17)7-15-12(18)9-3-2-4-10(14)11(9)13/h2-6H,7,14H2,1H3,(H,15,18). The molecule has 0 saturated heterocycles. The lowest BCUT2D eigenvalue weighted by atomic mass is 10.2. The van der Waals surface area contributed by atoms with Crippen molar-refractivity contribution in [1.29, 1.82) is 0 Å². The third-order valence-corrected chi connectivity index (χ3v) is 2.89. The summed E-state index contributed by atoms with van der Waals surface area (Å²) in [6.45, 7) is 0.352. The molecule has 1 amide bonds. The summed E-state index contributed by atoms with van der Waals surface area (Å²) in [7, 11) is 1.82. The Morgan fingerprint density at radius 3 is 2.94 bits per heavy atom. The van der Waals surface area contributed by atoms with Crippen molar-refractivity contribution < 1.29 is 4.79 Å². The summed E-state index contributed by atoms with van der Waals surface area (Å²) in [6.07, 6.45) is 1.81. The fourth-order valence-electron chi connectivity index (χ4n) is 1.55. The van der Waals surface area contributed by atoms with Crippen LogP contribution in [0.5, 0.6) is 0 Å². The third-order valence-electron chi connectivity index (χ3n) is 2.47. The highest BCUT2D eigenvalue weighted by molar-refractivity contribution is 6.36. The van der Waals surface area contributed by atoms with Crippen molar-refractivity contribution in [3.05, 3.63) is 46.7 Å². The number of amides is 1. The number of aromatic nitrogens is 2. The summed E-state index contributed by atoms with van der Waals surface area (Å²) in [5.41, 5.74) is 7.18. The molecule has 0 aliphatic heterocycles. The number of nitrogens with two attached hydrogens (primary N) is 1. The molecule has 1 aromatic heterocycles. The number of anilines is 1. The molecule has 0 unspecified atom stereocenters. The minimum absolute atomic E-state index is 0.266. The van der Waals surface area contributed by atoms with Gasteiger partial charge in [-0.05, 0) is 18.2 Å². The number of nitrogen functional groups attached to an aromatic ring is 1. The van der Waals surface area contributed by atoms with Crippen LogP contribution in [0, 0.1) is 0 Å². The van der Waals surface area contributed by atoms with Crippen LogP contribution in [-0.2, 0) is 13.6 Å². The van der Waals surface area contributed by atoms with Gasteiger partial charge in [0.2, 0.25) is 0 Å². The van der Waals surface area contributed by atoms with Crippen molar-refractivity contribution in [2.75, 3.05) is 5.73 Å². The number of hydrogen-bond donors (Lipinski definition) is 2.